The molecule has 0 saturated carbocycles. The molecular formula is C12H12N6. The zero-order valence-electron chi connectivity index (χ0n) is 10.1. The number of hydrogen-bond acceptors (Lipinski definition) is 6. The minimum atomic E-state index is 0.398. The average Bonchev–Trinajstić information content (AvgIpc) is 2.46. The van der Waals surface area contributed by atoms with Crippen molar-refractivity contribution in [2.45, 2.75) is 13.8 Å². The molecule has 0 aliphatic heterocycles. The molecule has 18 heavy (non-hydrogen) atoms. The summed E-state index contributed by atoms with van der Waals surface area (Å²) >= 11 is 0. The predicted molar refractivity (Wildman–Crippen MR) is 68.7 cm³/mol. The molecule has 0 aromatic carbocycles. The summed E-state index contributed by atoms with van der Waals surface area (Å²) in [6.45, 7) is 3.69. The van der Waals surface area contributed by atoms with E-state index in [-0.39, 0.29) is 0 Å². The van der Waals surface area contributed by atoms with Gasteiger partial charge < -0.3 is 0 Å². The summed E-state index contributed by atoms with van der Waals surface area (Å²) < 4.78 is 0. The SMILES string of the molecule is C/C=N\C(=C/C)c1nnc(-c2ccccn2)nn1. The van der Waals surface area contributed by atoms with Gasteiger partial charge in [-0.1, -0.05) is 12.1 Å². The summed E-state index contributed by atoms with van der Waals surface area (Å²) in [5.74, 6) is 0.797. The quantitative estimate of drug-likeness (QED) is 0.764. The van der Waals surface area contributed by atoms with E-state index in [0.29, 0.717) is 23.0 Å². The maximum Gasteiger partial charge on any atom is 0.221 e. The monoisotopic (exact) mass is 240 g/mol. The van der Waals surface area contributed by atoms with E-state index >= 15 is 0 Å². The first-order valence-electron chi connectivity index (χ1n) is 5.49. The Hall–Kier alpha value is -2.50. The highest BCUT2D eigenvalue weighted by atomic mass is 15.3. The highest BCUT2D eigenvalue weighted by molar-refractivity contribution is 5.69. The Morgan fingerprint density at radius 1 is 1.11 bits per heavy atom. The van der Waals surface area contributed by atoms with Gasteiger partial charge in [0, 0.05) is 12.4 Å². The molecule has 0 atom stereocenters. The van der Waals surface area contributed by atoms with E-state index in [9.17, 15) is 0 Å². The molecule has 6 nitrogen and oxygen atoms in total. The molecule has 0 amide bonds. The van der Waals surface area contributed by atoms with Gasteiger partial charge in [0.1, 0.15) is 11.4 Å². The molecule has 90 valence electrons. The van der Waals surface area contributed by atoms with Crippen LogP contribution in [0.2, 0.25) is 0 Å². The van der Waals surface area contributed by atoms with Crippen LogP contribution in [0.5, 0.6) is 0 Å². The topological polar surface area (TPSA) is 76.8 Å². The average molecular weight is 240 g/mol. The minimum absolute atomic E-state index is 0.398. The third-order valence-electron chi connectivity index (χ3n) is 2.14. The van der Waals surface area contributed by atoms with Gasteiger partial charge in [-0.2, -0.15) is 0 Å². The van der Waals surface area contributed by atoms with Crippen LogP contribution in [0.4, 0.5) is 0 Å². The Morgan fingerprint density at radius 2 is 1.89 bits per heavy atom. The van der Waals surface area contributed by atoms with Crippen LogP contribution >= 0.6 is 0 Å². The lowest BCUT2D eigenvalue weighted by Crippen LogP contribution is -2.02. The molecule has 2 heterocycles. The number of nitrogens with zero attached hydrogens (tertiary/aromatic N) is 6. The molecule has 0 aliphatic carbocycles. The fourth-order valence-electron chi connectivity index (χ4n) is 1.33. The predicted octanol–water partition coefficient (Wildman–Crippen LogP) is 1.78. The zero-order chi connectivity index (χ0) is 12.8. The highest BCUT2D eigenvalue weighted by Gasteiger charge is 2.07. The lowest BCUT2D eigenvalue weighted by Gasteiger charge is -1.99. The van der Waals surface area contributed by atoms with Crippen molar-refractivity contribution in [2.24, 2.45) is 4.99 Å². The van der Waals surface area contributed by atoms with Crippen LogP contribution in [0.25, 0.3) is 17.2 Å². The molecule has 0 unspecified atom stereocenters. The maximum atomic E-state index is 4.13. The molecule has 0 radical (unpaired) electrons. The number of rotatable bonds is 3. The molecule has 0 bridgehead atoms. The Bertz CT molecular complexity index is 559. The second kappa shape index (κ2) is 5.72. The third-order valence-corrected chi connectivity index (χ3v) is 2.14. The second-order valence-electron chi connectivity index (χ2n) is 3.32. The summed E-state index contributed by atoms with van der Waals surface area (Å²) in [4.78, 5) is 8.26. The fourth-order valence-corrected chi connectivity index (χ4v) is 1.33. The molecule has 0 spiro atoms. The van der Waals surface area contributed by atoms with E-state index in [1.165, 1.54) is 0 Å². The largest absolute Gasteiger partial charge is 0.258 e. The first kappa shape index (κ1) is 12.0. The van der Waals surface area contributed by atoms with E-state index in [2.05, 4.69) is 30.4 Å². The molecule has 0 saturated heterocycles. The molecular weight excluding hydrogens is 228 g/mol. The second-order valence-corrected chi connectivity index (χ2v) is 3.32. The van der Waals surface area contributed by atoms with E-state index in [1.54, 1.807) is 24.6 Å². The number of allylic oxidation sites excluding steroid dienone is 1. The van der Waals surface area contributed by atoms with Crippen LogP contribution in [0.3, 0.4) is 0 Å². The standard InChI is InChI=1S/C12H12N6/c1-3-9(13-4-2)11-15-17-12(18-16-11)10-7-5-6-8-14-10/h3-8H,1-2H3/b9-3-,13-4-. The molecule has 0 aliphatic rings. The summed E-state index contributed by atoms with van der Waals surface area (Å²) in [7, 11) is 0. The van der Waals surface area contributed by atoms with Crippen molar-refractivity contribution in [3.8, 4) is 11.5 Å². The Labute approximate surface area is 105 Å². The molecule has 2 rings (SSSR count). The van der Waals surface area contributed by atoms with Gasteiger partial charge in [0.2, 0.25) is 11.6 Å². The van der Waals surface area contributed by atoms with Crippen molar-refractivity contribution in [1.29, 1.82) is 0 Å². The van der Waals surface area contributed by atoms with Crippen molar-refractivity contribution >= 4 is 11.9 Å². The summed E-state index contributed by atoms with van der Waals surface area (Å²) in [5, 5.41) is 16.0. The van der Waals surface area contributed by atoms with Crippen LogP contribution in [0.15, 0.2) is 35.5 Å². The van der Waals surface area contributed by atoms with Crippen LogP contribution in [-0.2, 0) is 0 Å². The van der Waals surface area contributed by atoms with Gasteiger partial charge in [0.25, 0.3) is 0 Å². The van der Waals surface area contributed by atoms with Crippen molar-refractivity contribution in [1.82, 2.24) is 25.4 Å². The van der Waals surface area contributed by atoms with Gasteiger partial charge in [-0.15, -0.1) is 20.4 Å². The van der Waals surface area contributed by atoms with Gasteiger partial charge in [0.15, 0.2) is 0 Å². The van der Waals surface area contributed by atoms with Gasteiger partial charge in [-0.3, -0.25) is 9.98 Å². The maximum absolute atomic E-state index is 4.13. The number of aromatic nitrogens is 5. The van der Waals surface area contributed by atoms with Gasteiger partial charge >= 0.3 is 0 Å². The molecule has 0 N–H and O–H groups in total. The van der Waals surface area contributed by atoms with E-state index in [1.807, 2.05) is 26.0 Å². The number of aliphatic imine (C=N–C) groups is 1. The summed E-state index contributed by atoms with van der Waals surface area (Å²) in [6, 6.07) is 5.49. The summed E-state index contributed by atoms with van der Waals surface area (Å²) in [6.07, 6.45) is 5.15. The van der Waals surface area contributed by atoms with Crippen LogP contribution in [-0.4, -0.2) is 31.6 Å². The van der Waals surface area contributed by atoms with E-state index in [4.69, 9.17) is 0 Å². The lowest BCUT2D eigenvalue weighted by atomic mass is 10.3. The van der Waals surface area contributed by atoms with E-state index < -0.39 is 0 Å². The van der Waals surface area contributed by atoms with Crippen LogP contribution in [0.1, 0.15) is 19.7 Å². The zero-order valence-corrected chi connectivity index (χ0v) is 10.1. The molecule has 2 aromatic heterocycles. The normalized spacial score (nSPS) is 12.0. The number of hydrogen-bond donors (Lipinski definition) is 0. The third kappa shape index (κ3) is 2.60. The van der Waals surface area contributed by atoms with Crippen molar-refractivity contribution < 1.29 is 0 Å². The smallest absolute Gasteiger partial charge is 0.221 e. The van der Waals surface area contributed by atoms with Crippen molar-refractivity contribution in [3.05, 3.63) is 36.3 Å². The molecule has 0 fully saturated rings. The van der Waals surface area contributed by atoms with Crippen LogP contribution in [0, 0.1) is 0 Å². The lowest BCUT2D eigenvalue weighted by molar-refractivity contribution is 0.837. The first-order valence-corrected chi connectivity index (χ1v) is 5.49. The minimum Gasteiger partial charge on any atom is -0.258 e. The molecule has 6 heteroatoms. The van der Waals surface area contributed by atoms with Gasteiger partial charge in [0.05, 0.1) is 0 Å². The van der Waals surface area contributed by atoms with Crippen LogP contribution < -0.4 is 0 Å². The Morgan fingerprint density at radius 3 is 2.44 bits per heavy atom. The van der Waals surface area contributed by atoms with Gasteiger partial charge in [-0.25, -0.2) is 0 Å². The Balaban J connectivity index is 2.31. The first-order chi connectivity index (χ1) is 8.85. The number of pyridine rings is 1. The van der Waals surface area contributed by atoms with E-state index in [0.717, 1.165) is 0 Å². The van der Waals surface area contributed by atoms with Gasteiger partial charge in [-0.05, 0) is 26.0 Å². The highest BCUT2D eigenvalue weighted by Crippen LogP contribution is 2.11. The van der Waals surface area contributed by atoms with Crippen molar-refractivity contribution in [2.75, 3.05) is 0 Å². The van der Waals surface area contributed by atoms with Crippen molar-refractivity contribution in [3.63, 3.8) is 0 Å². The molecule has 2 aromatic rings. The summed E-state index contributed by atoms with van der Waals surface area (Å²) in [5.41, 5.74) is 1.29. The fraction of sp³-hybridized carbons (Fsp3) is 0.167. The Kier molecular flexibility index (Phi) is 3.80.